The van der Waals surface area contributed by atoms with E-state index in [1.54, 1.807) is 0 Å². The Bertz CT molecular complexity index is 636. The molecule has 0 amide bonds. The first-order valence-corrected chi connectivity index (χ1v) is 10.3. The van der Waals surface area contributed by atoms with Gasteiger partial charge in [0.2, 0.25) is 0 Å². The molecule has 0 spiro atoms. The van der Waals surface area contributed by atoms with Crippen molar-refractivity contribution in [2.45, 2.75) is 64.1 Å². The van der Waals surface area contributed by atoms with Crippen molar-refractivity contribution in [2.75, 3.05) is 0 Å². The Kier molecular flexibility index (Phi) is 7.37. The van der Waals surface area contributed by atoms with Gasteiger partial charge in [0.25, 0.3) is 0 Å². The topological polar surface area (TPSA) is 21.3 Å². The molecule has 0 heterocycles. The van der Waals surface area contributed by atoms with E-state index in [4.69, 9.17) is 4.74 Å². The van der Waals surface area contributed by atoms with Crippen LogP contribution in [0.5, 0.6) is 5.75 Å². The number of rotatable bonds is 6. The van der Waals surface area contributed by atoms with Crippen molar-refractivity contribution in [3.8, 4) is 5.75 Å². The number of ether oxygens (including phenoxy) is 1. The third-order valence-corrected chi connectivity index (χ3v) is 5.55. The summed E-state index contributed by atoms with van der Waals surface area (Å²) in [5.74, 6) is 0.901. The Balaban J connectivity index is 1.50. The molecule has 2 nitrogen and oxygen atoms in total. The molecule has 0 radical (unpaired) electrons. The maximum Gasteiger partial charge on any atom is 0.134 e. The summed E-state index contributed by atoms with van der Waals surface area (Å²) >= 11 is 3.66. The Morgan fingerprint density at radius 2 is 1.60 bits per heavy atom. The minimum atomic E-state index is 0.596. The SMILES string of the molecule is Brc1cc(CNC2CCCCCCC2)ccc1OCc1ccccc1. The Morgan fingerprint density at radius 3 is 2.32 bits per heavy atom. The fourth-order valence-corrected chi connectivity index (χ4v) is 3.97. The fourth-order valence-electron chi connectivity index (χ4n) is 3.43. The summed E-state index contributed by atoms with van der Waals surface area (Å²) in [5, 5.41) is 3.75. The summed E-state index contributed by atoms with van der Waals surface area (Å²) in [7, 11) is 0. The van der Waals surface area contributed by atoms with Gasteiger partial charge in [-0.3, -0.25) is 0 Å². The van der Waals surface area contributed by atoms with Crippen LogP contribution in [0.1, 0.15) is 56.1 Å². The Labute approximate surface area is 160 Å². The predicted octanol–water partition coefficient (Wildman–Crippen LogP) is 6.23. The molecule has 0 aromatic heterocycles. The third-order valence-electron chi connectivity index (χ3n) is 4.93. The lowest BCUT2D eigenvalue weighted by atomic mass is 9.96. The van der Waals surface area contributed by atoms with E-state index >= 15 is 0 Å². The second-order valence-electron chi connectivity index (χ2n) is 6.96. The largest absolute Gasteiger partial charge is 0.488 e. The van der Waals surface area contributed by atoms with E-state index in [1.165, 1.54) is 56.1 Å². The second-order valence-corrected chi connectivity index (χ2v) is 7.82. The second kappa shape index (κ2) is 9.98. The van der Waals surface area contributed by atoms with Gasteiger partial charge in [0, 0.05) is 12.6 Å². The molecule has 0 aliphatic heterocycles. The van der Waals surface area contributed by atoms with Gasteiger partial charge in [-0.15, -0.1) is 0 Å². The first kappa shape index (κ1) is 18.5. The maximum absolute atomic E-state index is 5.94. The van der Waals surface area contributed by atoms with Crippen LogP contribution >= 0.6 is 15.9 Å². The monoisotopic (exact) mass is 401 g/mol. The summed E-state index contributed by atoms with van der Waals surface area (Å²) in [4.78, 5) is 0. The number of nitrogens with one attached hydrogen (secondary N) is 1. The first-order chi connectivity index (χ1) is 12.3. The van der Waals surface area contributed by atoms with E-state index in [9.17, 15) is 0 Å². The van der Waals surface area contributed by atoms with Crippen LogP contribution in [0.3, 0.4) is 0 Å². The van der Waals surface area contributed by atoms with Gasteiger partial charge in [0.1, 0.15) is 12.4 Å². The summed E-state index contributed by atoms with van der Waals surface area (Å²) in [5.41, 5.74) is 2.49. The van der Waals surface area contributed by atoms with E-state index in [-0.39, 0.29) is 0 Å². The molecule has 2 aromatic rings. The van der Waals surface area contributed by atoms with E-state index in [2.05, 4.69) is 51.6 Å². The number of halogens is 1. The highest BCUT2D eigenvalue weighted by molar-refractivity contribution is 9.10. The van der Waals surface area contributed by atoms with E-state index in [0.29, 0.717) is 12.6 Å². The molecule has 0 bridgehead atoms. The minimum absolute atomic E-state index is 0.596. The Hall–Kier alpha value is -1.32. The zero-order valence-corrected chi connectivity index (χ0v) is 16.4. The summed E-state index contributed by atoms with van der Waals surface area (Å²) in [6.07, 6.45) is 9.60. The smallest absolute Gasteiger partial charge is 0.134 e. The molecule has 1 fully saturated rings. The van der Waals surface area contributed by atoms with Gasteiger partial charge in [-0.05, 0) is 52.0 Å². The number of hydrogen-bond acceptors (Lipinski definition) is 2. The summed E-state index contributed by atoms with van der Waals surface area (Å²) in [6.45, 7) is 1.53. The minimum Gasteiger partial charge on any atom is -0.488 e. The molecule has 2 aromatic carbocycles. The molecule has 25 heavy (non-hydrogen) atoms. The van der Waals surface area contributed by atoms with Crippen LogP contribution in [0.2, 0.25) is 0 Å². The molecule has 1 saturated carbocycles. The maximum atomic E-state index is 5.94. The molecule has 0 unspecified atom stereocenters. The molecule has 1 N–H and O–H groups in total. The van der Waals surface area contributed by atoms with Crippen molar-refractivity contribution in [3.63, 3.8) is 0 Å². The molecule has 0 atom stereocenters. The molecule has 3 rings (SSSR count). The zero-order valence-electron chi connectivity index (χ0n) is 14.8. The highest BCUT2D eigenvalue weighted by atomic mass is 79.9. The van der Waals surface area contributed by atoms with Crippen LogP contribution in [0.15, 0.2) is 53.0 Å². The fraction of sp³-hybridized carbons (Fsp3) is 0.455. The van der Waals surface area contributed by atoms with Crippen LogP contribution in [0, 0.1) is 0 Å². The quantitative estimate of drug-likeness (QED) is 0.618. The lowest BCUT2D eigenvalue weighted by Crippen LogP contribution is -2.29. The van der Waals surface area contributed by atoms with Gasteiger partial charge in [-0.2, -0.15) is 0 Å². The van der Waals surface area contributed by atoms with Crippen LogP contribution in [-0.4, -0.2) is 6.04 Å². The molecular weight excluding hydrogens is 374 g/mol. The van der Waals surface area contributed by atoms with Crippen molar-refractivity contribution < 1.29 is 4.74 Å². The molecule has 3 heteroatoms. The molecule has 0 saturated heterocycles. The van der Waals surface area contributed by atoms with Crippen LogP contribution in [0.25, 0.3) is 0 Å². The zero-order chi connectivity index (χ0) is 17.3. The van der Waals surface area contributed by atoms with Crippen molar-refractivity contribution in [3.05, 3.63) is 64.1 Å². The average molecular weight is 402 g/mol. The van der Waals surface area contributed by atoms with Crippen LogP contribution in [-0.2, 0) is 13.2 Å². The van der Waals surface area contributed by atoms with Crippen molar-refractivity contribution >= 4 is 15.9 Å². The van der Waals surface area contributed by atoms with Gasteiger partial charge < -0.3 is 10.1 Å². The van der Waals surface area contributed by atoms with Crippen LogP contribution in [0.4, 0.5) is 0 Å². The number of hydrogen-bond donors (Lipinski definition) is 1. The number of benzene rings is 2. The normalized spacial score (nSPS) is 16.2. The van der Waals surface area contributed by atoms with E-state index in [0.717, 1.165) is 16.8 Å². The lowest BCUT2D eigenvalue weighted by Gasteiger charge is -2.21. The third kappa shape index (κ3) is 6.16. The van der Waals surface area contributed by atoms with Crippen molar-refractivity contribution in [1.29, 1.82) is 0 Å². The van der Waals surface area contributed by atoms with Crippen LogP contribution < -0.4 is 10.1 Å². The van der Waals surface area contributed by atoms with Gasteiger partial charge in [0.15, 0.2) is 0 Å². The first-order valence-electron chi connectivity index (χ1n) is 9.50. The van der Waals surface area contributed by atoms with Gasteiger partial charge in [-0.25, -0.2) is 0 Å². The highest BCUT2D eigenvalue weighted by Crippen LogP contribution is 2.27. The molecule has 134 valence electrons. The average Bonchev–Trinajstić information content (AvgIpc) is 2.61. The standard InChI is InChI=1S/C22H28BrNO/c23-21-15-19(16-24-20-11-7-2-1-3-8-12-20)13-14-22(21)25-17-18-9-5-4-6-10-18/h4-6,9-10,13-15,20,24H,1-3,7-8,11-12,16-17H2. The molecule has 1 aliphatic rings. The van der Waals surface area contributed by atoms with Gasteiger partial charge >= 0.3 is 0 Å². The molecular formula is C22H28BrNO. The van der Waals surface area contributed by atoms with Gasteiger partial charge in [0.05, 0.1) is 4.47 Å². The summed E-state index contributed by atoms with van der Waals surface area (Å²) in [6, 6.07) is 17.4. The van der Waals surface area contributed by atoms with E-state index in [1.807, 2.05) is 18.2 Å². The van der Waals surface area contributed by atoms with E-state index < -0.39 is 0 Å². The van der Waals surface area contributed by atoms with Gasteiger partial charge in [-0.1, -0.05) is 68.5 Å². The predicted molar refractivity (Wildman–Crippen MR) is 108 cm³/mol. The Morgan fingerprint density at radius 1 is 0.880 bits per heavy atom. The lowest BCUT2D eigenvalue weighted by molar-refractivity contribution is 0.304. The van der Waals surface area contributed by atoms with Crippen molar-refractivity contribution in [1.82, 2.24) is 5.32 Å². The molecule has 1 aliphatic carbocycles. The highest BCUT2D eigenvalue weighted by Gasteiger charge is 2.11. The van der Waals surface area contributed by atoms with Crippen molar-refractivity contribution in [2.24, 2.45) is 0 Å². The summed E-state index contributed by atoms with van der Waals surface area (Å²) < 4.78 is 6.96.